The summed E-state index contributed by atoms with van der Waals surface area (Å²) < 4.78 is 16.3. The molecule has 2 heterocycles. The van der Waals surface area contributed by atoms with Crippen LogP contribution in [-0.4, -0.2) is 25.9 Å². The quantitative estimate of drug-likeness (QED) is 0.261. The van der Waals surface area contributed by atoms with Gasteiger partial charge in [0, 0.05) is 16.7 Å². The minimum Gasteiger partial charge on any atom is -0.375 e. The van der Waals surface area contributed by atoms with Crippen LogP contribution in [0.2, 0.25) is 0 Å². The maximum absolute atomic E-state index is 13.5. The molecule has 4 N–H and O–H groups in total. The largest absolute Gasteiger partial charge is 0.375 e. The second kappa shape index (κ2) is 8.45. The van der Waals surface area contributed by atoms with Crippen molar-refractivity contribution >= 4 is 32.6 Å². The molecule has 164 valence electrons. The fourth-order valence-electron chi connectivity index (χ4n) is 3.63. The summed E-state index contributed by atoms with van der Waals surface area (Å²) in [5.74, 6) is -0.884. The van der Waals surface area contributed by atoms with Crippen LogP contribution in [0.15, 0.2) is 72.8 Å². The van der Waals surface area contributed by atoms with E-state index in [1.807, 2.05) is 28.9 Å². The molecule has 0 bridgehead atoms. The van der Waals surface area contributed by atoms with Crippen LogP contribution in [0.1, 0.15) is 15.9 Å². The van der Waals surface area contributed by atoms with Gasteiger partial charge in [0.05, 0.1) is 28.1 Å². The number of thiazole rings is 1. The van der Waals surface area contributed by atoms with E-state index < -0.39 is 5.91 Å². The first-order valence-electron chi connectivity index (χ1n) is 10.0. The summed E-state index contributed by atoms with van der Waals surface area (Å²) in [7, 11) is 0. The lowest BCUT2D eigenvalue weighted by Crippen LogP contribution is -2.18. The van der Waals surface area contributed by atoms with Gasteiger partial charge in [0.15, 0.2) is 5.13 Å². The lowest BCUT2D eigenvalue weighted by atomic mass is 10.1. The Kier molecular flexibility index (Phi) is 5.33. The van der Waals surface area contributed by atoms with E-state index in [-0.39, 0.29) is 5.82 Å². The van der Waals surface area contributed by atoms with Gasteiger partial charge in [-0.25, -0.2) is 14.9 Å². The zero-order valence-electron chi connectivity index (χ0n) is 17.2. The number of nitrogens with zero attached hydrogens (tertiary/aromatic N) is 3. The Bertz CT molecular complexity index is 1460. The lowest BCUT2D eigenvalue weighted by Gasteiger charge is -2.08. The monoisotopic (exact) mass is 459 g/mol. The molecule has 0 unspecified atom stereocenters. The van der Waals surface area contributed by atoms with E-state index in [9.17, 15) is 9.18 Å². The van der Waals surface area contributed by atoms with Gasteiger partial charge in [0.2, 0.25) is 0 Å². The minimum absolute atomic E-state index is 0.309. The van der Waals surface area contributed by atoms with Crippen LogP contribution in [-0.2, 0) is 6.54 Å². The Hall–Kier alpha value is -4.08. The summed E-state index contributed by atoms with van der Waals surface area (Å²) >= 11 is 1.42. The molecule has 0 aliphatic heterocycles. The molecule has 1 amide bonds. The van der Waals surface area contributed by atoms with Gasteiger partial charge >= 0.3 is 0 Å². The second-order valence-electron chi connectivity index (χ2n) is 7.45. The van der Waals surface area contributed by atoms with Gasteiger partial charge < -0.3 is 5.73 Å². The van der Waals surface area contributed by atoms with Gasteiger partial charge in [-0.3, -0.25) is 14.7 Å². The Morgan fingerprint density at radius 1 is 1.03 bits per heavy atom. The number of carbonyl (C=O) groups is 1. The van der Waals surface area contributed by atoms with Crippen molar-refractivity contribution in [1.82, 2.24) is 20.2 Å². The molecule has 2 aromatic heterocycles. The summed E-state index contributed by atoms with van der Waals surface area (Å²) in [5.41, 5.74) is 12.9. The number of anilines is 1. The molecule has 0 saturated carbocycles. The van der Waals surface area contributed by atoms with Gasteiger partial charge in [-0.1, -0.05) is 29.5 Å². The van der Waals surface area contributed by atoms with E-state index in [0.29, 0.717) is 17.2 Å². The average molecular weight is 460 g/mol. The van der Waals surface area contributed by atoms with E-state index in [0.717, 1.165) is 38.3 Å². The number of benzene rings is 3. The van der Waals surface area contributed by atoms with Crippen LogP contribution in [0.3, 0.4) is 0 Å². The highest BCUT2D eigenvalue weighted by Gasteiger charge is 2.14. The van der Waals surface area contributed by atoms with Gasteiger partial charge in [0.25, 0.3) is 5.91 Å². The number of hydroxylamine groups is 1. The summed E-state index contributed by atoms with van der Waals surface area (Å²) in [4.78, 5) is 15.9. The highest BCUT2D eigenvalue weighted by atomic mass is 32.1. The number of hydrogen-bond acceptors (Lipinski definition) is 6. The molecule has 5 aromatic rings. The standard InChI is InChI=1S/C24H18FN5O2S/c25-18-8-5-15(6-9-18)21-12-20(17-7-10-19-22(11-17)33-24(26)27-19)28-30(21)13-14-1-3-16(4-2-14)23(31)29-32/h1-12,32H,13H2,(H2,26,27)(H,29,31). The second-order valence-corrected chi connectivity index (χ2v) is 8.51. The highest BCUT2D eigenvalue weighted by Crippen LogP contribution is 2.31. The molecular formula is C24H18FN5O2S. The van der Waals surface area contributed by atoms with Gasteiger partial charge in [-0.2, -0.15) is 5.10 Å². The Morgan fingerprint density at radius 2 is 1.76 bits per heavy atom. The predicted octanol–water partition coefficient (Wildman–Crippen LogP) is 4.72. The number of nitrogens with one attached hydrogen (secondary N) is 1. The topological polar surface area (TPSA) is 106 Å². The smallest absolute Gasteiger partial charge is 0.274 e. The van der Waals surface area contributed by atoms with Crippen molar-refractivity contribution in [3.8, 4) is 22.5 Å². The molecule has 0 saturated heterocycles. The molecule has 9 heteroatoms. The first kappa shape index (κ1) is 20.8. The number of aromatic nitrogens is 3. The molecule has 0 fully saturated rings. The van der Waals surface area contributed by atoms with Crippen LogP contribution in [0.5, 0.6) is 0 Å². The minimum atomic E-state index is -0.575. The summed E-state index contributed by atoms with van der Waals surface area (Å²) in [6.07, 6.45) is 0. The normalized spacial score (nSPS) is 11.1. The first-order chi connectivity index (χ1) is 16.0. The lowest BCUT2D eigenvalue weighted by molar-refractivity contribution is 0.0706. The van der Waals surface area contributed by atoms with Crippen LogP contribution in [0, 0.1) is 5.82 Å². The van der Waals surface area contributed by atoms with Crippen LogP contribution in [0.25, 0.3) is 32.7 Å². The molecule has 5 rings (SSSR count). The molecule has 7 nitrogen and oxygen atoms in total. The Balaban J connectivity index is 1.55. The molecule has 0 aliphatic carbocycles. The van der Waals surface area contributed by atoms with Crippen molar-refractivity contribution in [3.05, 3.63) is 89.7 Å². The number of halogens is 1. The van der Waals surface area contributed by atoms with E-state index in [1.165, 1.54) is 23.5 Å². The third-order valence-corrected chi connectivity index (χ3v) is 6.12. The van der Waals surface area contributed by atoms with Crippen molar-refractivity contribution in [1.29, 1.82) is 0 Å². The maximum atomic E-state index is 13.5. The summed E-state index contributed by atoms with van der Waals surface area (Å²) in [6.45, 7) is 0.434. The SMILES string of the molecule is Nc1nc2ccc(-c3cc(-c4ccc(F)cc4)n(Cc4ccc(C(=O)NO)cc4)n3)cc2s1. The number of hydrogen-bond donors (Lipinski definition) is 3. The summed E-state index contributed by atoms with van der Waals surface area (Å²) in [5, 5.41) is 14.1. The third-order valence-electron chi connectivity index (χ3n) is 5.27. The average Bonchev–Trinajstić information content (AvgIpc) is 3.41. The number of nitrogens with two attached hydrogens (primary N) is 1. The molecular weight excluding hydrogens is 441 g/mol. The fourth-order valence-corrected chi connectivity index (χ4v) is 4.41. The number of rotatable bonds is 5. The summed E-state index contributed by atoms with van der Waals surface area (Å²) in [6, 6.07) is 21.0. The zero-order valence-corrected chi connectivity index (χ0v) is 18.0. The first-order valence-corrected chi connectivity index (χ1v) is 10.9. The number of nitrogen functional groups attached to an aromatic ring is 1. The molecule has 0 atom stereocenters. The number of fused-ring (bicyclic) bond motifs is 1. The predicted molar refractivity (Wildman–Crippen MR) is 125 cm³/mol. The van der Waals surface area contributed by atoms with Crippen molar-refractivity contribution in [2.75, 3.05) is 5.73 Å². The van der Waals surface area contributed by atoms with Crippen LogP contribution >= 0.6 is 11.3 Å². The van der Waals surface area contributed by atoms with E-state index in [1.54, 1.807) is 41.9 Å². The van der Waals surface area contributed by atoms with Crippen LogP contribution < -0.4 is 11.2 Å². The van der Waals surface area contributed by atoms with Crippen molar-refractivity contribution < 1.29 is 14.4 Å². The van der Waals surface area contributed by atoms with Gasteiger partial charge in [-0.05, 0) is 60.2 Å². The molecule has 0 radical (unpaired) electrons. The highest BCUT2D eigenvalue weighted by molar-refractivity contribution is 7.22. The van der Waals surface area contributed by atoms with Crippen LogP contribution in [0.4, 0.5) is 9.52 Å². The number of amides is 1. The molecule has 3 aromatic carbocycles. The Labute approximate surface area is 191 Å². The molecule has 33 heavy (non-hydrogen) atoms. The molecule has 0 aliphatic rings. The fraction of sp³-hybridized carbons (Fsp3) is 0.0417. The van der Waals surface area contributed by atoms with E-state index in [2.05, 4.69) is 4.98 Å². The third kappa shape index (κ3) is 4.19. The van der Waals surface area contributed by atoms with Crippen molar-refractivity contribution in [2.24, 2.45) is 0 Å². The number of carbonyl (C=O) groups excluding carboxylic acids is 1. The van der Waals surface area contributed by atoms with Gasteiger partial charge in [0.1, 0.15) is 5.82 Å². The zero-order chi connectivity index (χ0) is 22.9. The van der Waals surface area contributed by atoms with Crippen molar-refractivity contribution in [2.45, 2.75) is 6.54 Å². The van der Waals surface area contributed by atoms with E-state index in [4.69, 9.17) is 16.0 Å². The van der Waals surface area contributed by atoms with Gasteiger partial charge in [-0.15, -0.1) is 0 Å². The van der Waals surface area contributed by atoms with Crippen molar-refractivity contribution in [3.63, 3.8) is 0 Å². The Morgan fingerprint density at radius 3 is 2.48 bits per heavy atom. The molecule has 0 spiro atoms. The van der Waals surface area contributed by atoms with E-state index >= 15 is 0 Å². The maximum Gasteiger partial charge on any atom is 0.274 e.